The van der Waals surface area contributed by atoms with Crippen molar-refractivity contribution in [1.29, 1.82) is 0 Å². The minimum atomic E-state index is -1.07. The molecule has 9 nitrogen and oxygen atoms in total. The number of aryl methyl sites for hydroxylation is 1. The number of amides is 1. The third-order valence-electron chi connectivity index (χ3n) is 6.50. The van der Waals surface area contributed by atoms with Gasteiger partial charge >= 0.3 is 0 Å². The van der Waals surface area contributed by atoms with Crippen LogP contribution >= 0.6 is 0 Å². The molecule has 35 heavy (non-hydrogen) atoms. The van der Waals surface area contributed by atoms with Crippen LogP contribution in [0.5, 0.6) is 0 Å². The van der Waals surface area contributed by atoms with Crippen LogP contribution in [0.15, 0.2) is 59.7 Å². The zero-order chi connectivity index (χ0) is 25.0. The van der Waals surface area contributed by atoms with Gasteiger partial charge in [0.2, 0.25) is 5.91 Å². The van der Waals surface area contributed by atoms with Crippen LogP contribution in [0, 0.1) is 6.92 Å². The highest BCUT2D eigenvalue weighted by Gasteiger charge is 2.38. The molecule has 3 aromatic rings. The fourth-order valence-electron chi connectivity index (χ4n) is 4.37. The Balaban J connectivity index is 1.68. The highest BCUT2D eigenvalue weighted by Crippen LogP contribution is 2.39. The summed E-state index contributed by atoms with van der Waals surface area (Å²) in [6.07, 6.45) is 2.20. The van der Waals surface area contributed by atoms with Crippen molar-refractivity contribution >= 4 is 5.91 Å². The van der Waals surface area contributed by atoms with E-state index in [-0.39, 0.29) is 18.0 Å². The van der Waals surface area contributed by atoms with Crippen LogP contribution in [0.25, 0.3) is 27.4 Å². The number of aromatic nitrogens is 2. The molecule has 0 aliphatic heterocycles. The first-order valence-corrected chi connectivity index (χ1v) is 11.6. The van der Waals surface area contributed by atoms with Gasteiger partial charge in [-0.25, -0.2) is 4.68 Å². The highest BCUT2D eigenvalue weighted by atomic mass is 16.7. The number of ether oxygens (including phenoxy) is 2. The fraction of sp³-hybridized carbons (Fsp3) is 0.385. The number of azide groups is 1. The van der Waals surface area contributed by atoms with E-state index < -0.39 is 11.5 Å². The van der Waals surface area contributed by atoms with E-state index in [9.17, 15) is 9.90 Å². The molecule has 1 heterocycles. The SMILES string of the molecule is COC(C)OC1CCC(O)(c2cc(-c3ccc(C)cc3)n(-c3ccc(C(=O)N=[N+]=[N-])cc3)n2)CC1. The Kier molecular flexibility index (Phi) is 7.33. The lowest BCUT2D eigenvalue weighted by Gasteiger charge is -2.35. The number of carbonyl (C=O) groups excluding carboxylic acids is 1. The molecule has 4 rings (SSSR count). The Morgan fingerprint density at radius 1 is 1.20 bits per heavy atom. The molecule has 0 spiro atoms. The van der Waals surface area contributed by atoms with Gasteiger partial charge in [-0.3, -0.25) is 4.79 Å². The van der Waals surface area contributed by atoms with Crippen LogP contribution in [0.4, 0.5) is 0 Å². The molecular weight excluding hydrogens is 446 g/mol. The number of hydrogen-bond acceptors (Lipinski definition) is 5. The maximum Gasteiger partial charge on any atom is 0.249 e. The van der Waals surface area contributed by atoms with Gasteiger partial charge in [-0.2, -0.15) is 5.10 Å². The van der Waals surface area contributed by atoms with Crippen LogP contribution in [0.1, 0.15) is 54.2 Å². The van der Waals surface area contributed by atoms with E-state index in [1.165, 1.54) is 0 Å². The summed E-state index contributed by atoms with van der Waals surface area (Å²) < 4.78 is 12.9. The molecule has 1 unspecified atom stereocenters. The van der Waals surface area contributed by atoms with Gasteiger partial charge < -0.3 is 14.6 Å². The van der Waals surface area contributed by atoms with Gasteiger partial charge in [0.25, 0.3) is 0 Å². The number of rotatable bonds is 7. The van der Waals surface area contributed by atoms with Crippen LogP contribution in [0.3, 0.4) is 0 Å². The second kappa shape index (κ2) is 10.4. The molecule has 0 bridgehead atoms. The maximum absolute atomic E-state index is 11.9. The van der Waals surface area contributed by atoms with E-state index in [1.807, 2.05) is 44.2 Å². The predicted octanol–water partition coefficient (Wildman–Crippen LogP) is 5.44. The topological polar surface area (TPSA) is 122 Å². The van der Waals surface area contributed by atoms with E-state index in [4.69, 9.17) is 20.1 Å². The maximum atomic E-state index is 11.9. The quantitative estimate of drug-likeness (QED) is 0.211. The van der Waals surface area contributed by atoms with Gasteiger partial charge in [0, 0.05) is 23.1 Å². The number of benzene rings is 2. The predicted molar refractivity (Wildman–Crippen MR) is 131 cm³/mol. The van der Waals surface area contributed by atoms with Crippen LogP contribution in [-0.4, -0.2) is 40.3 Å². The number of methoxy groups -OCH3 is 1. The lowest BCUT2D eigenvalue weighted by Crippen LogP contribution is -2.36. The molecule has 1 aliphatic carbocycles. The Labute approximate surface area is 203 Å². The zero-order valence-corrected chi connectivity index (χ0v) is 20.1. The van der Waals surface area contributed by atoms with Gasteiger partial charge in [-0.15, -0.1) is 0 Å². The lowest BCUT2D eigenvalue weighted by molar-refractivity contribution is -0.165. The summed E-state index contributed by atoms with van der Waals surface area (Å²) in [7, 11) is 1.61. The van der Waals surface area contributed by atoms with Crippen molar-refractivity contribution < 1.29 is 19.4 Å². The third kappa shape index (κ3) is 5.44. The molecule has 2 aromatic carbocycles. The second-order valence-corrected chi connectivity index (χ2v) is 8.90. The van der Waals surface area contributed by atoms with Crippen LogP contribution in [-0.2, 0) is 15.1 Å². The summed E-state index contributed by atoms with van der Waals surface area (Å²) >= 11 is 0. The Bertz CT molecular complexity index is 1220. The summed E-state index contributed by atoms with van der Waals surface area (Å²) in [5.74, 6) is -0.643. The Hall–Kier alpha value is -3.49. The largest absolute Gasteiger partial charge is 0.383 e. The summed E-state index contributed by atoms with van der Waals surface area (Å²) in [6.45, 7) is 3.89. The highest BCUT2D eigenvalue weighted by molar-refractivity contribution is 5.95. The van der Waals surface area contributed by atoms with Crippen LogP contribution < -0.4 is 0 Å². The van der Waals surface area contributed by atoms with Crippen molar-refractivity contribution in [3.63, 3.8) is 0 Å². The van der Waals surface area contributed by atoms with Crippen LogP contribution in [0.2, 0.25) is 0 Å². The zero-order valence-electron chi connectivity index (χ0n) is 20.1. The number of aliphatic hydroxyl groups is 1. The standard InChI is InChI=1S/C26H29N5O4/c1-17-4-6-19(7-5-17)23-16-24(26(33)14-12-22(13-15-26)35-18(2)34-3)29-31(23)21-10-8-20(9-11-21)25(32)28-30-27/h4-11,16,18,22,33H,12-15H2,1-3H3. The van der Waals surface area contributed by atoms with Crippen molar-refractivity contribution in [3.05, 3.63) is 81.9 Å². The molecule has 0 radical (unpaired) electrons. The molecule has 9 heteroatoms. The summed E-state index contributed by atoms with van der Waals surface area (Å²) in [5, 5.41) is 19.5. The molecule has 1 N–H and O–H groups in total. The van der Waals surface area contributed by atoms with E-state index in [1.54, 1.807) is 36.1 Å². The molecule has 1 saturated carbocycles. The van der Waals surface area contributed by atoms with E-state index in [0.717, 1.165) is 22.5 Å². The van der Waals surface area contributed by atoms with Gasteiger partial charge in [-0.05, 0) is 80.5 Å². The Morgan fingerprint density at radius 2 is 1.86 bits per heavy atom. The molecule has 182 valence electrons. The molecule has 1 aliphatic rings. The average Bonchev–Trinajstić information content (AvgIpc) is 3.32. The van der Waals surface area contributed by atoms with Gasteiger partial charge in [0.1, 0.15) is 5.60 Å². The van der Waals surface area contributed by atoms with Gasteiger partial charge in [0.05, 0.1) is 23.2 Å². The summed E-state index contributed by atoms with van der Waals surface area (Å²) in [4.78, 5) is 14.4. The first-order valence-electron chi connectivity index (χ1n) is 11.6. The summed E-state index contributed by atoms with van der Waals surface area (Å²) in [5.41, 5.74) is 12.0. The number of nitrogens with zero attached hydrogens (tertiary/aromatic N) is 5. The minimum absolute atomic E-state index is 0.0324. The second-order valence-electron chi connectivity index (χ2n) is 8.90. The number of hydrogen-bond donors (Lipinski definition) is 1. The molecule has 0 saturated heterocycles. The lowest BCUT2D eigenvalue weighted by atomic mass is 9.81. The van der Waals surface area contributed by atoms with E-state index >= 15 is 0 Å². The van der Waals surface area contributed by atoms with E-state index in [2.05, 4.69) is 10.0 Å². The van der Waals surface area contributed by atoms with Crippen molar-refractivity contribution in [2.75, 3.05) is 7.11 Å². The first-order chi connectivity index (χ1) is 16.8. The Morgan fingerprint density at radius 3 is 2.46 bits per heavy atom. The normalized spacial score (nSPS) is 20.7. The van der Waals surface area contributed by atoms with E-state index in [0.29, 0.717) is 31.4 Å². The van der Waals surface area contributed by atoms with Gasteiger partial charge in [0.15, 0.2) is 6.29 Å². The number of carbonyl (C=O) groups is 1. The monoisotopic (exact) mass is 475 g/mol. The minimum Gasteiger partial charge on any atom is -0.383 e. The molecule has 1 amide bonds. The molecule has 1 atom stereocenters. The first kappa shape index (κ1) is 24.6. The average molecular weight is 476 g/mol. The molecule has 1 fully saturated rings. The third-order valence-corrected chi connectivity index (χ3v) is 6.50. The molecule has 1 aromatic heterocycles. The van der Waals surface area contributed by atoms with Crippen molar-refractivity contribution in [2.24, 2.45) is 5.11 Å². The smallest absolute Gasteiger partial charge is 0.249 e. The molecular formula is C26H29N5O4. The van der Waals surface area contributed by atoms with Gasteiger partial charge in [-0.1, -0.05) is 29.8 Å². The van der Waals surface area contributed by atoms with Crippen molar-refractivity contribution in [1.82, 2.24) is 9.78 Å². The summed E-state index contributed by atoms with van der Waals surface area (Å²) in [6, 6.07) is 16.7. The van der Waals surface area contributed by atoms with Crippen molar-refractivity contribution in [3.8, 4) is 16.9 Å². The fourth-order valence-corrected chi connectivity index (χ4v) is 4.37. The van der Waals surface area contributed by atoms with Crippen molar-refractivity contribution in [2.45, 2.75) is 57.5 Å².